The third-order valence-corrected chi connectivity index (χ3v) is 5.71. The van der Waals surface area contributed by atoms with Crippen molar-refractivity contribution in [1.29, 1.82) is 0 Å². The number of likely N-dealkylation sites (tertiary alicyclic amines) is 1. The highest BCUT2D eigenvalue weighted by atomic mass is 32.1. The second kappa shape index (κ2) is 7.44. The lowest BCUT2D eigenvalue weighted by molar-refractivity contribution is 0.222. The van der Waals surface area contributed by atoms with Crippen molar-refractivity contribution < 1.29 is 9.18 Å². The van der Waals surface area contributed by atoms with E-state index in [1.54, 1.807) is 17.0 Å². The van der Waals surface area contributed by atoms with Gasteiger partial charge in [0.2, 0.25) is 5.13 Å². The third-order valence-electron chi connectivity index (χ3n) is 4.83. The van der Waals surface area contributed by atoms with E-state index >= 15 is 0 Å². The lowest BCUT2D eigenvalue weighted by Gasteiger charge is -2.16. The van der Waals surface area contributed by atoms with Gasteiger partial charge in [-0.1, -0.05) is 53.8 Å². The summed E-state index contributed by atoms with van der Waals surface area (Å²) in [5.74, 6) is -0.189. The number of carbonyl (C=O) groups is 1. The van der Waals surface area contributed by atoms with Crippen LogP contribution in [0.2, 0.25) is 0 Å². The van der Waals surface area contributed by atoms with Gasteiger partial charge in [-0.2, -0.15) is 0 Å². The van der Waals surface area contributed by atoms with E-state index in [0.717, 1.165) is 22.6 Å². The quantitative estimate of drug-likeness (QED) is 0.716. The molecule has 1 saturated heterocycles. The van der Waals surface area contributed by atoms with Gasteiger partial charge in [0.25, 0.3) is 0 Å². The van der Waals surface area contributed by atoms with Crippen molar-refractivity contribution in [2.24, 2.45) is 0 Å². The SMILES string of the molecule is Cc1ccccc1-c1nnc(NC(=O)N2CCC(c3ccccc3F)C2)s1. The van der Waals surface area contributed by atoms with Gasteiger partial charge in [-0.25, -0.2) is 9.18 Å². The van der Waals surface area contributed by atoms with Gasteiger partial charge in [-0.3, -0.25) is 5.32 Å². The van der Waals surface area contributed by atoms with Crippen molar-refractivity contribution in [3.8, 4) is 10.6 Å². The van der Waals surface area contributed by atoms with Gasteiger partial charge in [0.15, 0.2) is 0 Å². The second-order valence-corrected chi connectivity index (χ2v) is 7.59. The van der Waals surface area contributed by atoms with Crippen LogP contribution in [-0.2, 0) is 0 Å². The number of hydrogen-bond donors (Lipinski definition) is 1. The molecule has 2 heterocycles. The molecule has 1 N–H and O–H groups in total. The standard InChI is InChI=1S/C20H19FN4OS/c1-13-6-2-3-7-15(13)18-23-24-19(27-18)22-20(26)25-11-10-14(12-25)16-8-4-5-9-17(16)21/h2-9,14H,10-12H2,1H3,(H,22,24,26). The Bertz CT molecular complexity index is 974. The van der Waals surface area contributed by atoms with E-state index < -0.39 is 0 Å². The van der Waals surface area contributed by atoms with E-state index in [1.165, 1.54) is 17.4 Å². The number of nitrogens with one attached hydrogen (secondary N) is 1. The number of benzene rings is 2. The molecule has 1 aliphatic rings. The Morgan fingerprint density at radius 3 is 2.78 bits per heavy atom. The Labute approximate surface area is 160 Å². The molecule has 27 heavy (non-hydrogen) atoms. The van der Waals surface area contributed by atoms with Crippen LogP contribution in [0.1, 0.15) is 23.5 Å². The third kappa shape index (κ3) is 3.68. The normalized spacial score (nSPS) is 16.5. The van der Waals surface area contributed by atoms with Crippen molar-refractivity contribution in [2.45, 2.75) is 19.3 Å². The Kier molecular flexibility index (Phi) is 4.85. The van der Waals surface area contributed by atoms with Crippen LogP contribution in [0.3, 0.4) is 0 Å². The smallest absolute Gasteiger partial charge is 0.323 e. The molecule has 1 aliphatic heterocycles. The molecule has 1 atom stereocenters. The number of aromatic nitrogens is 2. The zero-order valence-corrected chi connectivity index (χ0v) is 15.7. The summed E-state index contributed by atoms with van der Waals surface area (Å²) in [6.07, 6.45) is 0.749. The molecule has 2 aromatic carbocycles. The lowest BCUT2D eigenvalue weighted by atomic mass is 9.98. The summed E-state index contributed by atoms with van der Waals surface area (Å²) < 4.78 is 14.0. The minimum Gasteiger partial charge on any atom is -0.324 e. The minimum atomic E-state index is -0.221. The fourth-order valence-electron chi connectivity index (χ4n) is 3.37. The predicted molar refractivity (Wildman–Crippen MR) is 104 cm³/mol. The molecule has 0 saturated carbocycles. The monoisotopic (exact) mass is 382 g/mol. The maximum Gasteiger partial charge on any atom is 0.323 e. The van der Waals surface area contributed by atoms with E-state index in [9.17, 15) is 9.18 Å². The topological polar surface area (TPSA) is 58.1 Å². The summed E-state index contributed by atoms with van der Waals surface area (Å²) in [6, 6.07) is 14.5. The largest absolute Gasteiger partial charge is 0.324 e. The van der Waals surface area contributed by atoms with Crippen molar-refractivity contribution in [3.05, 3.63) is 65.5 Å². The Hall–Kier alpha value is -2.80. The molecule has 0 spiro atoms. The van der Waals surface area contributed by atoms with Gasteiger partial charge < -0.3 is 4.90 Å². The van der Waals surface area contributed by atoms with E-state index in [4.69, 9.17) is 0 Å². The summed E-state index contributed by atoms with van der Waals surface area (Å²) in [4.78, 5) is 14.2. The van der Waals surface area contributed by atoms with Gasteiger partial charge in [-0.05, 0) is 30.5 Å². The van der Waals surface area contributed by atoms with Crippen LogP contribution in [0.5, 0.6) is 0 Å². The molecule has 1 fully saturated rings. The minimum absolute atomic E-state index is 0.0221. The van der Waals surface area contributed by atoms with E-state index in [-0.39, 0.29) is 17.8 Å². The maximum absolute atomic E-state index is 14.0. The highest BCUT2D eigenvalue weighted by Gasteiger charge is 2.29. The number of carbonyl (C=O) groups excluding carboxylic acids is 1. The predicted octanol–water partition coefficient (Wildman–Crippen LogP) is 4.67. The number of urea groups is 1. The van der Waals surface area contributed by atoms with Crippen LogP contribution in [-0.4, -0.2) is 34.2 Å². The van der Waals surface area contributed by atoms with E-state index in [0.29, 0.717) is 23.8 Å². The van der Waals surface area contributed by atoms with Gasteiger partial charge in [0, 0.05) is 24.6 Å². The summed E-state index contributed by atoms with van der Waals surface area (Å²) in [5, 5.41) is 12.3. The van der Waals surface area contributed by atoms with Gasteiger partial charge in [0.05, 0.1) is 0 Å². The lowest BCUT2D eigenvalue weighted by Crippen LogP contribution is -2.32. The Morgan fingerprint density at radius 1 is 1.19 bits per heavy atom. The van der Waals surface area contributed by atoms with E-state index in [2.05, 4.69) is 15.5 Å². The summed E-state index contributed by atoms with van der Waals surface area (Å²) in [7, 11) is 0. The van der Waals surface area contributed by atoms with Crippen molar-refractivity contribution >= 4 is 22.5 Å². The fourth-order valence-corrected chi connectivity index (χ4v) is 4.19. The maximum atomic E-state index is 14.0. The molecule has 1 unspecified atom stereocenters. The molecule has 3 aromatic rings. The number of anilines is 1. The molecule has 5 nitrogen and oxygen atoms in total. The van der Waals surface area contributed by atoms with Crippen molar-refractivity contribution in [1.82, 2.24) is 15.1 Å². The first kappa shape index (κ1) is 17.6. The highest BCUT2D eigenvalue weighted by Crippen LogP contribution is 2.31. The number of aryl methyl sites for hydroxylation is 1. The summed E-state index contributed by atoms with van der Waals surface area (Å²) in [6.45, 7) is 3.10. The van der Waals surface area contributed by atoms with Gasteiger partial charge >= 0.3 is 6.03 Å². The average Bonchev–Trinajstić information content (AvgIpc) is 3.32. The molecule has 0 bridgehead atoms. The molecule has 138 valence electrons. The van der Waals surface area contributed by atoms with Gasteiger partial charge in [-0.15, -0.1) is 10.2 Å². The molecular formula is C20H19FN4OS. The summed E-state index contributed by atoms with van der Waals surface area (Å²) >= 11 is 1.35. The molecule has 4 rings (SSSR count). The Morgan fingerprint density at radius 2 is 1.96 bits per heavy atom. The Balaban J connectivity index is 1.42. The van der Waals surface area contributed by atoms with Crippen LogP contribution in [0.4, 0.5) is 14.3 Å². The first-order chi connectivity index (χ1) is 13.1. The zero-order valence-electron chi connectivity index (χ0n) is 14.9. The first-order valence-corrected chi connectivity index (χ1v) is 9.63. The van der Waals surface area contributed by atoms with Crippen LogP contribution in [0.15, 0.2) is 48.5 Å². The molecule has 0 radical (unpaired) electrons. The van der Waals surface area contributed by atoms with Crippen LogP contribution >= 0.6 is 11.3 Å². The highest BCUT2D eigenvalue weighted by molar-refractivity contribution is 7.18. The number of halogens is 1. The number of nitrogens with zero attached hydrogens (tertiary/aromatic N) is 3. The van der Waals surface area contributed by atoms with Gasteiger partial charge in [0.1, 0.15) is 10.8 Å². The number of amides is 2. The molecular weight excluding hydrogens is 363 g/mol. The average molecular weight is 382 g/mol. The summed E-state index contributed by atoms with van der Waals surface area (Å²) in [5.41, 5.74) is 2.79. The first-order valence-electron chi connectivity index (χ1n) is 8.81. The van der Waals surface area contributed by atoms with Crippen LogP contribution < -0.4 is 5.32 Å². The van der Waals surface area contributed by atoms with Crippen LogP contribution in [0, 0.1) is 12.7 Å². The van der Waals surface area contributed by atoms with Crippen molar-refractivity contribution in [3.63, 3.8) is 0 Å². The molecule has 2 amide bonds. The van der Waals surface area contributed by atoms with E-state index in [1.807, 2.05) is 37.3 Å². The number of rotatable bonds is 3. The second-order valence-electron chi connectivity index (χ2n) is 6.61. The molecule has 0 aliphatic carbocycles. The zero-order chi connectivity index (χ0) is 18.8. The number of hydrogen-bond acceptors (Lipinski definition) is 4. The molecule has 1 aromatic heterocycles. The van der Waals surface area contributed by atoms with Crippen LogP contribution in [0.25, 0.3) is 10.6 Å². The fraction of sp³-hybridized carbons (Fsp3) is 0.250. The van der Waals surface area contributed by atoms with Crippen molar-refractivity contribution in [2.75, 3.05) is 18.4 Å². The molecule has 7 heteroatoms.